The Morgan fingerprint density at radius 1 is 0.684 bits per heavy atom. The minimum Gasteiger partial charge on any atom is -0.481 e. The first-order valence-electron chi connectivity index (χ1n) is 12.1. The first-order valence-corrected chi connectivity index (χ1v) is 12.1. The van der Waals surface area contributed by atoms with Crippen LogP contribution in [0.2, 0.25) is 0 Å². The van der Waals surface area contributed by atoms with Crippen molar-refractivity contribution in [2.45, 2.75) is 76.2 Å². The van der Waals surface area contributed by atoms with E-state index in [0.717, 1.165) is 0 Å². The van der Waals surface area contributed by atoms with Crippen molar-refractivity contribution in [1.82, 2.24) is 21.3 Å². The summed E-state index contributed by atoms with van der Waals surface area (Å²) in [6, 6.07) is -6.99. The molecule has 0 saturated heterocycles. The van der Waals surface area contributed by atoms with Crippen molar-refractivity contribution in [3.63, 3.8) is 0 Å². The quantitative estimate of drug-likeness (QED) is 0.0691. The third-order valence-corrected chi connectivity index (χ3v) is 5.49. The second kappa shape index (κ2) is 18.0. The molecule has 0 aromatic heterocycles. The Hall–Kier alpha value is -3.34. The molecule has 0 unspecified atom stereocenters. The Balaban J connectivity index is 5.38. The van der Waals surface area contributed by atoms with E-state index in [1.165, 1.54) is 0 Å². The van der Waals surface area contributed by atoms with Crippen molar-refractivity contribution >= 4 is 35.6 Å². The molecule has 16 nitrogen and oxygen atoms in total. The predicted molar refractivity (Wildman–Crippen MR) is 132 cm³/mol. The van der Waals surface area contributed by atoms with Crippen LogP contribution in [0.15, 0.2) is 0 Å². The van der Waals surface area contributed by atoms with E-state index in [-0.39, 0.29) is 18.8 Å². The maximum absolute atomic E-state index is 12.7. The summed E-state index contributed by atoms with van der Waals surface area (Å²) in [7, 11) is 0. The van der Waals surface area contributed by atoms with Gasteiger partial charge in [0.15, 0.2) is 0 Å². The van der Waals surface area contributed by atoms with Crippen LogP contribution in [0, 0.1) is 5.92 Å². The molecule has 0 bridgehead atoms. The Morgan fingerprint density at radius 2 is 1.13 bits per heavy atom. The lowest BCUT2D eigenvalue weighted by Gasteiger charge is -2.25. The molecule has 38 heavy (non-hydrogen) atoms. The van der Waals surface area contributed by atoms with Gasteiger partial charge in [-0.3, -0.25) is 24.0 Å². The number of aliphatic hydroxyl groups is 2. The summed E-state index contributed by atoms with van der Waals surface area (Å²) in [5.41, 5.74) is 11.1. The van der Waals surface area contributed by atoms with Crippen molar-refractivity contribution < 1.29 is 49.2 Å². The smallest absolute Gasteiger partial charge is 0.326 e. The van der Waals surface area contributed by atoms with E-state index in [0.29, 0.717) is 19.4 Å². The van der Waals surface area contributed by atoms with Gasteiger partial charge in [0, 0.05) is 6.42 Å². The summed E-state index contributed by atoms with van der Waals surface area (Å²) >= 11 is 0. The van der Waals surface area contributed by atoms with Crippen molar-refractivity contribution in [1.29, 1.82) is 0 Å². The molecule has 0 aliphatic carbocycles. The normalized spacial score (nSPS) is 14.9. The number of rotatable bonds is 19. The monoisotopic (exact) mass is 548 g/mol. The highest BCUT2D eigenvalue weighted by atomic mass is 16.4. The van der Waals surface area contributed by atoms with Gasteiger partial charge in [0.2, 0.25) is 23.6 Å². The van der Waals surface area contributed by atoms with Gasteiger partial charge in [-0.05, 0) is 38.1 Å². The van der Waals surface area contributed by atoms with Crippen LogP contribution in [0.5, 0.6) is 0 Å². The molecule has 0 spiro atoms. The molecule has 0 fully saturated rings. The highest BCUT2D eigenvalue weighted by Gasteiger charge is 2.31. The number of nitrogens with one attached hydrogen (secondary N) is 4. The number of carboxylic acids is 2. The van der Waals surface area contributed by atoms with Gasteiger partial charge >= 0.3 is 11.9 Å². The summed E-state index contributed by atoms with van der Waals surface area (Å²) < 4.78 is 0. The number of carbonyl (C=O) groups excluding carboxylic acids is 4. The van der Waals surface area contributed by atoms with Crippen LogP contribution in [0.4, 0.5) is 0 Å². The van der Waals surface area contributed by atoms with E-state index < -0.39 is 85.4 Å². The minimum atomic E-state index is -1.66. The van der Waals surface area contributed by atoms with E-state index in [1.807, 2.05) is 0 Å². The predicted octanol–water partition coefficient (Wildman–Crippen LogP) is -4.03. The summed E-state index contributed by atoms with van der Waals surface area (Å²) in [6.45, 7) is 1.77. The van der Waals surface area contributed by atoms with E-state index in [9.17, 15) is 44.1 Å². The zero-order valence-corrected chi connectivity index (χ0v) is 21.5. The first kappa shape index (κ1) is 34.7. The van der Waals surface area contributed by atoms with Crippen molar-refractivity contribution in [3.8, 4) is 0 Å². The molecule has 0 radical (unpaired) electrons. The van der Waals surface area contributed by atoms with Crippen LogP contribution in [-0.4, -0.2) is 106 Å². The fraction of sp³-hybridized carbons (Fsp3) is 0.727. The van der Waals surface area contributed by atoms with Crippen LogP contribution >= 0.6 is 0 Å². The molecule has 0 aliphatic heterocycles. The summed E-state index contributed by atoms with van der Waals surface area (Å²) in [6.07, 6.45) is 0.136. The molecule has 0 saturated carbocycles. The fourth-order valence-electron chi connectivity index (χ4n) is 3.06. The topological polar surface area (TPSA) is 284 Å². The molecular formula is C22H40N6O10. The largest absolute Gasteiger partial charge is 0.481 e. The third-order valence-electron chi connectivity index (χ3n) is 5.49. The van der Waals surface area contributed by atoms with Crippen molar-refractivity contribution in [2.24, 2.45) is 17.4 Å². The highest BCUT2D eigenvalue weighted by Crippen LogP contribution is 2.04. The number of aliphatic hydroxyl groups excluding tert-OH is 2. The molecule has 0 heterocycles. The molecule has 12 N–H and O–H groups in total. The maximum atomic E-state index is 12.7. The Labute approximate surface area is 219 Å². The number of amides is 4. The molecule has 0 rings (SSSR count). The summed E-state index contributed by atoms with van der Waals surface area (Å²) in [4.78, 5) is 72.5. The maximum Gasteiger partial charge on any atom is 0.326 e. The Kier molecular flexibility index (Phi) is 16.4. The molecular weight excluding hydrogens is 508 g/mol. The Morgan fingerprint density at radius 3 is 1.53 bits per heavy atom. The van der Waals surface area contributed by atoms with Crippen molar-refractivity contribution in [3.05, 3.63) is 0 Å². The van der Waals surface area contributed by atoms with Crippen molar-refractivity contribution in [2.75, 3.05) is 19.8 Å². The van der Waals surface area contributed by atoms with E-state index in [2.05, 4.69) is 21.3 Å². The minimum absolute atomic E-state index is 0.0591. The zero-order valence-electron chi connectivity index (χ0n) is 21.5. The molecule has 4 amide bonds. The standard InChI is InChI=1S/C22H40N6O10/c1-11(2)17(24)21(36)25-12(6-7-16(31)32)18(33)27-15(10-30)20(35)28-14(9-29)19(34)26-13(22(37)38)5-3-4-8-23/h11-15,17,29-30H,3-10,23-24H2,1-2H3,(H,25,36)(H,26,34)(H,27,33)(H,28,35)(H,31,32)(H,37,38)/t12-,13+,14-,15-,17+/m1/s1. The highest BCUT2D eigenvalue weighted by molar-refractivity contribution is 5.95. The van der Waals surface area contributed by atoms with Crippen LogP contribution < -0.4 is 32.7 Å². The van der Waals surface area contributed by atoms with Crippen LogP contribution in [-0.2, 0) is 28.8 Å². The average molecular weight is 549 g/mol. The second-order valence-corrected chi connectivity index (χ2v) is 8.93. The van der Waals surface area contributed by atoms with Gasteiger partial charge in [-0.25, -0.2) is 4.79 Å². The number of unbranched alkanes of at least 4 members (excludes halogenated alkanes) is 1. The van der Waals surface area contributed by atoms with Gasteiger partial charge in [-0.15, -0.1) is 0 Å². The average Bonchev–Trinajstić information content (AvgIpc) is 2.86. The molecule has 0 aromatic rings. The van der Waals surface area contributed by atoms with Crippen LogP contribution in [0.3, 0.4) is 0 Å². The summed E-state index contributed by atoms with van der Waals surface area (Å²) in [5.74, 6) is -6.72. The lowest BCUT2D eigenvalue weighted by atomic mass is 10.0. The number of nitrogens with two attached hydrogens (primary N) is 2. The third kappa shape index (κ3) is 12.8. The van der Waals surface area contributed by atoms with Gasteiger partial charge in [0.1, 0.15) is 24.2 Å². The first-order chi connectivity index (χ1) is 17.8. The number of carboxylic acid groups (broad SMARTS) is 2. The molecule has 0 aromatic carbocycles. The van der Waals surface area contributed by atoms with Gasteiger partial charge in [0.25, 0.3) is 0 Å². The molecule has 16 heteroatoms. The van der Waals surface area contributed by atoms with Gasteiger partial charge < -0.3 is 53.2 Å². The molecule has 0 aliphatic rings. The van der Waals surface area contributed by atoms with Crippen LogP contribution in [0.1, 0.15) is 46.0 Å². The van der Waals surface area contributed by atoms with Gasteiger partial charge in [-0.1, -0.05) is 13.8 Å². The van der Waals surface area contributed by atoms with E-state index >= 15 is 0 Å². The van der Waals surface area contributed by atoms with Crippen LogP contribution in [0.25, 0.3) is 0 Å². The lowest BCUT2D eigenvalue weighted by molar-refractivity contribution is -0.143. The molecule has 218 valence electrons. The number of carbonyl (C=O) groups is 6. The van der Waals surface area contributed by atoms with E-state index in [4.69, 9.17) is 16.6 Å². The Bertz CT molecular complexity index is 824. The zero-order chi connectivity index (χ0) is 29.4. The number of aliphatic carboxylic acids is 2. The molecule has 5 atom stereocenters. The van der Waals surface area contributed by atoms with Gasteiger partial charge in [0.05, 0.1) is 19.3 Å². The van der Waals surface area contributed by atoms with E-state index in [1.54, 1.807) is 13.8 Å². The summed E-state index contributed by atoms with van der Waals surface area (Å²) in [5, 5.41) is 46.2. The lowest BCUT2D eigenvalue weighted by Crippen LogP contribution is -2.60. The number of hydrogen-bond donors (Lipinski definition) is 10. The number of hydrogen-bond acceptors (Lipinski definition) is 10. The second-order valence-electron chi connectivity index (χ2n) is 8.93. The SMILES string of the molecule is CC(C)[C@H](N)C(=O)N[C@H](CCC(=O)O)C(=O)N[C@H](CO)C(=O)N[C@H](CO)C(=O)N[C@@H](CCCCN)C(=O)O. The van der Waals surface area contributed by atoms with Gasteiger partial charge in [-0.2, -0.15) is 0 Å². The fourth-order valence-corrected chi connectivity index (χ4v) is 3.06.